The first-order valence-corrected chi connectivity index (χ1v) is 9.28. The van der Waals surface area contributed by atoms with Gasteiger partial charge in [0, 0.05) is 6.08 Å². The molecule has 0 rings (SSSR count). The van der Waals surface area contributed by atoms with E-state index in [4.69, 9.17) is 20.9 Å². The van der Waals surface area contributed by atoms with E-state index in [9.17, 15) is 9.59 Å². The first-order valence-electron chi connectivity index (χ1n) is 9.28. The zero-order chi connectivity index (χ0) is 19.6. The minimum Gasteiger partial charge on any atom is -0.497 e. The molecule has 6 nitrogen and oxygen atoms in total. The Morgan fingerprint density at radius 3 is 2.00 bits per heavy atom. The maximum atomic E-state index is 11.8. The van der Waals surface area contributed by atoms with E-state index >= 15 is 0 Å². The molecule has 148 valence electrons. The number of aldehydes is 1. The summed E-state index contributed by atoms with van der Waals surface area (Å²) in [4.78, 5) is 22.8. The van der Waals surface area contributed by atoms with E-state index < -0.39 is 0 Å². The lowest BCUT2D eigenvalue weighted by Crippen LogP contribution is -2.06. The normalized spacial score (nSPS) is 12.3. The highest BCUT2D eigenvalue weighted by Crippen LogP contribution is 2.16. The second-order valence-electron chi connectivity index (χ2n) is 5.92. The summed E-state index contributed by atoms with van der Waals surface area (Å²) in [6.07, 6.45) is 9.47. The molecule has 0 aliphatic carbocycles. The van der Waals surface area contributed by atoms with Gasteiger partial charge in [-0.15, -0.1) is 0 Å². The lowest BCUT2D eigenvalue weighted by molar-refractivity contribution is -0.113. The van der Waals surface area contributed by atoms with Crippen LogP contribution in [-0.2, 0) is 19.1 Å². The van der Waals surface area contributed by atoms with E-state index in [1.807, 2.05) is 0 Å². The average Bonchev–Trinajstić information content (AvgIpc) is 2.61. The van der Waals surface area contributed by atoms with Crippen LogP contribution >= 0.6 is 0 Å². The fraction of sp³-hybridized carbons (Fsp3) is 0.600. The summed E-state index contributed by atoms with van der Waals surface area (Å²) >= 11 is 0. The Morgan fingerprint density at radius 2 is 1.54 bits per heavy atom. The number of nitrogens with two attached hydrogens (primary N) is 2. The van der Waals surface area contributed by atoms with E-state index in [1.54, 1.807) is 6.08 Å². The van der Waals surface area contributed by atoms with Crippen molar-refractivity contribution < 1.29 is 19.1 Å². The van der Waals surface area contributed by atoms with Gasteiger partial charge in [0.05, 0.1) is 25.2 Å². The van der Waals surface area contributed by atoms with Crippen molar-refractivity contribution in [3.05, 3.63) is 35.8 Å². The molecule has 0 heterocycles. The van der Waals surface area contributed by atoms with E-state index in [-0.39, 0.29) is 12.2 Å². The Balaban J connectivity index is 5.08. The lowest BCUT2D eigenvalue weighted by atomic mass is 10.1. The Morgan fingerprint density at radius 1 is 0.962 bits per heavy atom. The second-order valence-corrected chi connectivity index (χ2v) is 5.92. The number of ketones is 1. The maximum Gasteiger partial charge on any atom is 0.163 e. The molecule has 0 unspecified atom stereocenters. The molecule has 0 atom stereocenters. The van der Waals surface area contributed by atoms with Gasteiger partial charge >= 0.3 is 0 Å². The van der Waals surface area contributed by atoms with Gasteiger partial charge in [0.15, 0.2) is 5.78 Å². The Hall–Kier alpha value is -1.92. The fourth-order valence-corrected chi connectivity index (χ4v) is 2.23. The van der Waals surface area contributed by atoms with Gasteiger partial charge in [-0.1, -0.05) is 12.7 Å². The molecule has 0 bridgehead atoms. The van der Waals surface area contributed by atoms with Crippen LogP contribution in [0.5, 0.6) is 0 Å². The zero-order valence-corrected chi connectivity index (χ0v) is 16.0. The van der Waals surface area contributed by atoms with Crippen molar-refractivity contribution in [3.63, 3.8) is 0 Å². The van der Waals surface area contributed by atoms with E-state index in [0.29, 0.717) is 43.4 Å². The third-order valence-electron chi connectivity index (χ3n) is 3.67. The SMILES string of the molecule is C=C/C(C(C)=O)=C(\C=C(/CC=O)OCCCCCN)OCCCCCN. The summed E-state index contributed by atoms with van der Waals surface area (Å²) in [5.74, 6) is 0.714. The van der Waals surface area contributed by atoms with Gasteiger partial charge in [-0.3, -0.25) is 4.79 Å². The van der Waals surface area contributed by atoms with E-state index in [2.05, 4.69) is 6.58 Å². The lowest BCUT2D eigenvalue weighted by Gasteiger charge is -2.13. The molecular weight excluding hydrogens is 332 g/mol. The molecule has 0 aromatic rings. The van der Waals surface area contributed by atoms with Gasteiger partial charge in [-0.25, -0.2) is 0 Å². The molecule has 0 fully saturated rings. The largest absolute Gasteiger partial charge is 0.497 e. The van der Waals surface area contributed by atoms with Gasteiger partial charge in [0.1, 0.15) is 17.8 Å². The van der Waals surface area contributed by atoms with Crippen molar-refractivity contribution in [1.29, 1.82) is 0 Å². The predicted octanol–water partition coefficient (Wildman–Crippen LogP) is 2.78. The Bertz CT molecular complexity index is 484. The van der Waals surface area contributed by atoms with Crippen molar-refractivity contribution in [1.82, 2.24) is 0 Å². The van der Waals surface area contributed by atoms with Gasteiger partial charge < -0.3 is 25.7 Å². The molecule has 0 aromatic heterocycles. The average molecular weight is 367 g/mol. The molecule has 0 spiro atoms. The van der Waals surface area contributed by atoms with Crippen LogP contribution in [-0.4, -0.2) is 38.4 Å². The first kappa shape index (κ1) is 24.1. The number of hydrogen-bond donors (Lipinski definition) is 2. The van der Waals surface area contributed by atoms with Gasteiger partial charge in [-0.05, 0) is 58.5 Å². The third-order valence-corrected chi connectivity index (χ3v) is 3.67. The number of rotatable bonds is 17. The van der Waals surface area contributed by atoms with Crippen LogP contribution in [0, 0.1) is 0 Å². The molecule has 0 aliphatic heterocycles. The number of Topliss-reactive ketones (excluding diaryl/α,β-unsaturated/α-hetero) is 1. The highest BCUT2D eigenvalue weighted by molar-refractivity contribution is 5.96. The number of unbranched alkanes of at least 4 members (excludes halogenated alkanes) is 4. The van der Waals surface area contributed by atoms with Crippen molar-refractivity contribution in [3.8, 4) is 0 Å². The molecule has 26 heavy (non-hydrogen) atoms. The number of carbonyl (C=O) groups is 2. The van der Waals surface area contributed by atoms with Gasteiger partial charge in [-0.2, -0.15) is 0 Å². The molecule has 0 radical (unpaired) electrons. The topological polar surface area (TPSA) is 105 Å². The monoisotopic (exact) mass is 366 g/mol. The standard InChI is InChI=1S/C20H34N2O4/c1-3-19(17(2)24)20(26-15-9-5-7-12-22)16-18(10-13-23)25-14-8-4-6-11-21/h3,13,16H,1,4-12,14-15,21-22H2,2H3/b18-16+,20-19-. The first-order chi connectivity index (χ1) is 12.6. The highest BCUT2D eigenvalue weighted by atomic mass is 16.5. The van der Waals surface area contributed by atoms with Crippen LogP contribution in [0.4, 0.5) is 0 Å². The molecule has 0 saturated heterocycles. The highest BCUT2D eigenvalue weighted by Gasteiger charge is 2.11. The van der Waals surface area contributed by atoms with E-state index in [1.165, 1.54) is 13.0 Å². The number of hydrogen-bond acceptors (Lipinski definition) is 6. The summed E-state index contributed by atoms with van der Waals surface area (Å²) < 4.78 is 11.5. The van der Waals surface area contributed by atoms with Gasteiger partial charge in [0.25, 0.3) is 0 Å². The minimum atomic E-state index is -0.151. The van der Waals surface area contributed by atoms with Crippen LogP contribution in [0.15, 0.2) is 35.8 Å². The summed E-state index contributed by atoms with van der Waals surface area (Å²) in [6, 6.07) is 0. The van der Waals surface area contributed by atoms with Crippen molar-refractivity contribution in [2.45, 2.75) is 51.9 Å². The minimum absolute atomic E-state index is 0.124. The van der Waals surface area contributed by atoms with Crippen LogP contribution < -0.4 is 11.5 Å². The van der Waals surface area contributed by atoms with Gasteiger partial charge in [0.2, 0.25) is 0 Å². The van der Waals surface area contributed by atoms with Crippen LogP contribution in [0.3, 0.4) is 0 Å². The van der Waals surface area contributed by atoms with Crippen molar-refractivity contribution in [2.24, 2.45) is 11.5 Å². The number of carbonyl (C=O) groups excluding carboxylic acids is 2. The van der Waals surface area contributed by atoms with Crippen LogP contribution in [0.1, 0.15) is 51.9 Å². The van der Waals surface area contributed by atoms with Crippen LogP contribution in [0.2, 0.25) is 0 Å². The van der Waals surface area contributed by atoms with Crippen LogP contribution in [0.25, 0.3) is 0 Å². The molecule has 0 amide bonds. The Kier molecular flexibility index (Phi) is 15.3. The smallest absolute Gasteiger partial charge is 0.163 e. The van der Waals surface area contributed by atoms with Crippen molar-refractivity contribution in [2.75, 3.05) is 26.3 Å². The fourth-order valence-electron chi connectivity index (χ4n) is 2.23. The quantitative estimate of drug-likeness (QED) is 0.135. The molecule has 6 heteroatoms. The molecular formula is C20H34N2O4. The maximum absolute atomic E-state index is 11.8. The number of ether oxygens (including phenoxy) is 2. The number of allylic oxidation sites excluding steroid dienone is 4. The summed E-state index contributed by atoms with van der Waals surface area (Å²) in [7, 11) is 0. The molecule has 0 saturated carbocycles. The molecule has 4 N–H and O–H groups in total. The summed E-state index contributed by atoms with van der Waals surface area (Å²) in [5.41, 5.74) is 11.3. The Labute approximate surface area is 157 Å². The molecule has 0 aliphatic rings. The second kappa shape index (κ2) is 16.5. The zero-order valence-electron chi connectivity index (χ0n) is 16.0. The third kappa shape index (κ3) is 11.6. The molecule has 0 aromatic carbocycles. The summed E-state index contributed by atoms with van der Waals surface area (Å²) in [5, 5.41) is 0. The van der Waals surface area contributed by atoms with Crippen molar-refractivity contribution >= 4 is 12.1 Å². The predicted molar refractivity (Wildman–Crippen MR) is 104 cm³/mol. The summed E-state index contributed by atoms with van der Waals surface area (Å²) in [6.45, 7) is 7.39. The van der Waals surface area contributed by atoms with E-state index in [0.717, 1.165) is 44.8 Å².